The molecule has 0 unspecified atom stereocenters. The van der Waals surface area contributed by atoms with Crippen LogP contribution in [0.15, 0.2) is 67.0 Å². The highest BCUT2D eigenvalue weighted by molar-refractivity contribution is 5.73. The Morgan fingerprint density at radius 2 is 1.85 bits per heavy atom. The van der Waals surface area contributed by atoms with E-state index in [1.165, 1.54) is 12.1 Å². The van der Waals surface area contributed by atoms with Gasteiger partial charge >= 0.3 is 6.03 Å². The number of ether oxygens (including phenoxy) is 1. The highest BCUT2D eigenvalue weighted by Gasteiger charge is 2.02. The van der Waals surface area contributed by atoms with Gasteiger partial charge in [-0.2, -0.15) is 5.10 Å². The Morgan fingerprint density at radius 1 is 1.08 bits per heavy atom. The number of carbonyl (C=O) groups excluding carboxylic acids is 1. The summed E-state index contributed by atoms with van der Waals surface area (Å²) in [6.07, 6.45) is 3.59. The Bertz CT molecular complexity index is 818. The van der Waals surface area contributed by atoms with Crippen molar-refractivity contribution < 1.29 is 13.9 Å². The number of nitrogens with zero attached hydrogens (tertiary/aromatic N) is 2. The first-order chi connectivity index (χ1) is 12.7. The smallest absolute Gasteiger partial charge is 0.315 e. The zero-order valence-electron chi connectivity index (χ0n) is 14.1. The number of rotatable bonds is 7. The van der Waals surface area contributed by atoms with Crippen LogP contribution in [-0.2, 0) is 6.54 Å². The van der Waals surface area contributed by atoms with Crippen molar-refractivity contribution in [1.29, 1.82) is 0 Å². The summed E-state index contributed by atoms with van der Waals surface area (Å²) in [7, 11) is 0. The third-order valence-corrected chi connectivity index (χ3v) is 3.63. The van der Waals surface area contributed by atoms with Gasteiger partial charge in [-0.3, -0.25) is 0 Å². The average molecular weight is 354 g/mol. The molecule has 2 aromatic carbocycles. The van der Waals surface area contributed by atoms with Gasteiger partial charge in [0.15, 0.2) is 0 Å². The van der Waals surface area contributed by atoms with Crippen LogP contribution in [0.1, 0.15) is 5.56 Å². The van der Waals surface area contributed by atoms with Gasteiger partial charge in [0, 0.05) is 18.9 Å². The number of urea groups is 1. The normalized spacial score (nSPS) is 10.3. The van der Waals surface area contributed by atoms with Crippen LogP contribution in [0.25, 0.3) is 5.69 Å². The lowest BCUT2D eigenvalue weighted by molar-refractivity contribution is 0.236. The summed E-state index contributed by atoms with van der Waals surface area (Å²) in [5.41, 5.74) is 1.94. The number of halogens is 1. The molecule has 0 saturated heterocycles. The van der Waals surface area contributed by atoms with E-state index < -0.39 is 0 Å². The maximum Gasteiger partial charge on any atom is 0.315 e. The number of aromatic nitrogens is 2. The molecule has 0 fully saturated rings. The molecule has 26 heavy (non-hydrogen) atoms. The van der Waals surface area contributed by atoms with Crippen LogP contribution in [0.3, 0.4) is 0 Å². The largest absolute Gasteiger partial charge is 0.492 e. The van der Waals surface area contributed by atoms with Gasteiger partial charge < -0.3 is 15.4 Å². The summed E-state index contributed by atoms with van der Waals surface area (Å²) in [4.78, 5) is 11.8. The van der Waals surface area contributed by atoms with Crippen molar-refractivity contribution in [1.82, 2.24) is 20.4 Å². The van der Waals surface area contributed by atoms with Crippen LogP contribution in [0, 0.1) is 5.82 Å². The van der Waals surface area contributed by atoms with E-state index in [0.29, 0.717) is 25.4 Å². The minimum absolute atomic E-state index is 0.274. The van der Waals surface area contributed by atoms with E-state index in [4.69, 9.17) is 4.74 Å². The molecule has 6 nitrogen and oxygen atoms in total. The standard InChI is InChI=1S/C19H19FN4O2/c20-16-4-8-18(9-5-16)26-13-11-21-19(25)22-14-15-2-6-17(7-3-15)24-12-1-10-23-24/h1-10,12H,11,13-14H2,(H2,21,22,25). The van der Waals surface area contributed by atoms with Crippen molar-refractivity contribution in [3.05, 3.63) is 78.4 Å². The number of nitrogens with one attached hydrogen (secondary N) is 2. The SMILES string of the molecule is O=C(NCCOc1ccc(F)cc1)NCc1ccc(-n2cccn2)cc1. The molecule has 0 spiro atoms. The maximum atomic E-state index is 12.8. The van der Waals surface area contributed by atoms with Gasteiger partial charge in [0.2, 0.25) is 0 Å². The lowest BCUT2D eigenvalue weighted by atomic mass is 10.2. The zero-order chi connectivity index (χ0) is 18.2. The van der Waals surface area contributed by atoms with E-state index >= 15 is 0 Å². The van der Waals surface area contributed by atoms with Crippen LogP contribution >= 0.6 is 0 Å². The summed E-state index contributed by atoms with van der Waals surface area (Å²) in [5.74, 6) is 0.249. The molecule has 0 bridgehead atoms. The third kappa shape index (κ3) is 5.07. The molecular formula is C19H19FN4O2. The Balaban J connectivity index is 1.35. The molecule has 0 atom stereocenters. The molecule has 0 aliphatic carbocycles. The molecule has 2 N–H and O–H groups in total. The summed E-state index contributed by atoms with van der Waals surface area (Å²) in [6.45, 7) is 1.07. The van der Waals surface area contributed by atoms with Crippen LogP contribution in [0.5, 0.6) is 5.75 Å². The Hall–Kier alpha value is -3.35. The molecule has 0 saturated carbocycles. The number of amides is 2. The van der Waals surface area contributed by atoms with Crippen molar-refractivity contribution in [2.45, 2.75) is 6.54 Å². The van der Waals surface area contributed by atoms with Crippen LogP contribution < -0.4 is 15.4 Å². The Morgan fingerprint density at radius 3 is 2.54 bits per heavy atom. The van der Waals surface area contributed by atoms with Crippen molar-refractivity contribution in [3.63, 3.8) is 0 Å². The monoisotopic (exact) mass is 354 g/mol. The topological polar surface area (TPSA) is 68.2 Å². The molecule has 7 heteroatoms. The minimum atomic E-state index is -0.312. The number of benzene rings is 2. The number of hydrogen-bond donors (Lipinski definition) is 2. The van der Waals surface area contributed by atoms with Gasteiger partial charge in [-0.1, -0.05) is 12.1 Å². The first-order valence-electron chi connectivity index (χ1n) is 8.20. The zero-order valence-corrected chi connectivity index (χ0v) is 14.1. The summed E-state index contributed by atoms with van der Waals surface area (Å²) < 4.78 is 19.9. The highest BCUT2D eigenvalue weighted by Crippen LogP contribution is 2.10. The summed E-state index contributed by atoms with van der Waals surface area (Å²) >= 11 is 0. The molecule has 0 aliphatic rings. The van der Waals surface area contributed by atoms with Gasteiger partial charge in [-0.25, -0.2) is 13.9 Å². The average Bonchev–Trinajstić information content (AvgIpc) is 3.20. The van der Waals surface area contributed by atoms with E-state index in [9.17, 15) is 9.18 Å². The minimum Gasteiger partial charge on any atom is -0.492 e. The fraction of sp³-hybridized carbons (Fsp3) is 0.158. The second kappa shape index (κ2) is 8.66. The van der Waals surface area contributed by atoms with Crippen molar-refractivity contribution in [2.24, 2.45) is 0 Å². The quantitative estimate of drug-likeness (QED) is 0.641. The molecule has 2 amide bonds. The van der Waals surface area contributed by atoms with Crippen molar-refractivity contribution in [2.75, 3.05) is 13.2 Å². The third-order valence-electron chi connectivity index (χ3n) is 3.63. The molecule has 1 aromatic heterocycles. The Kier molecular flexibility index (Phi) is 5.82. The van der Waals surface area contributed by atoms with Crippen molar-refractivity contribution >= 4 is 6.03 Å². The second-order valence-electron chi connectivity index (χ2n) is 5.53. The molecule has 134 valence electrons. The summed E-state index contributed by atoms with van der Waals surface area (Å²) in [6, 6.07) is 15.1. The fourth-order valence-electron chi connectivity index (χ4n) is 2.30. The van der Waals surface area contributed by atoms with Crippen molar-refractivity contribution in [3.8, 4) is 11.4 Å². The van der Waals surface area contributed by atoms with E-state index in [-0.39, 0.29) is 11.8 Å². The van der Waals surface area contributed by atoms with Gasteiger partial charge in [-0.05, 0) is 48.0 Å². The van der Waals surface area contributed by atoms with E-state index in [0.717, 1.165) is 11.3 Å². The number of carbonyl (C=O) groups is 1. The molecule has 0 radical (unpaired) electrons. The second-order valence-corrected chi connectivity index (χ2v) is 5.53. The first kappa shape index (κ1) is 17.5. The first-order valence-corrected chi connectivity index (χ1v) is 8.20. The highest BCUT2D eigenvalue weighted by atomic mass is 19.1. The van der Waals surface area contributed by atoms with Gasteiger partial charge in [0.25, 0.3) is 0 Å². The lowest BCUT2D eigenvalue weighted by Gasteiger charge is -2.09. The maximum absolute atomic E-state index is 12.8. The molecular weight excluding hydrogens is 335 g/mol. The Labute approximate surface area is 150 Å². The van der Waals surface area contributed by atoms with E-state index in [2.05, 4.69) is 15.7 Å². The molecule has 3 rings (SSSR count). The predicted octanol–water partition coefficient (Wildman–Crippen LogP) is 2.89. The number of hydrogen-bond acceptors (Lipinski definition) is 3. The van der Waals surface area contributed by atoms with Crippen LogP contribution in [-0.4, -0.2) is 29.0 Å². The van der Waals surface area contributed by atoms with Gasteiger partial charge in [0.1, 0.15) is 18.2 Å². The van der Waals surface area contributed by atoms with Crippen LogP contribution in [0.4, 0.5) is 9.18 Å². The van der Waals surface area contributed by atoms with Gasteiger partial charge in [-0.15, -0.1) is 0 Å². The predicted molar refractivity (Wildman–Crippen MR) is 95.7 cm³/mol. The lowest BCUT2D eigenvalue weighted by Crippen LogP contribution is -2.37. The summed E-state index contributed by atoms with van der Waals surface area (Å²) in [5, 5.41) is 9.65. The van der Waals surface area contributed by atoms with E-state index in [1.807, 2.05) is 36.5 Å². The fourth-order valence-corrected chi connectivity index (χ4v) is 2.30. The van der Waals surface area contributed by atoms with Crippen LogP contribution in [0.2, 0.25) is 0 Å². The van der Waals surface area contributed by atoms with Gasteiger partial charge in [0.05, 0.1) is 12.2 Å². The van der Waals surface area contributed by atoms with E-state index in [1.54, 1.807) is 23.0 Å². The molecule has 0 aliphatic heterocycles. The molecule has 1 heterocycles. The molecule has 3 aromatic rings.